The summed E-state index contributed by atoms with van der Waals surface area (Å²) in [6.07, 6.45) is 9.61. The predicted molar refractivity (Wildman–Crippen MR) is 72.3 cm³/mol. The largest absolute Gasteiger partial charge is 0.302 e. The Bertz CT molecular complexity index is 400. The summed E-state index contributed by atoms with van der Waals surface area (Å²) in [6.45, 7) is 3.60. The van der Waals surface area contributed by atoms with E-state index in [4.69, 9.17) is 0 Å². The van der Waals surface area contributed by atoms with Gasteiger partial charge in [-0.1, -0.05) is 6.42 Å². The smallest absolute Gasteiger partial charge is 0.0534 e. The Morgan fingerprint density at radius 2 is 2.06 bits per heavy atom. The molecule has 0 bridgehead atoms. The average Bonchev–Trinajstić information content (AvgIpc) is 2.87. The fraction of sp³-hybridized carbons (Fsp3) is 0.786. The molecule has 2 aliphatic heterocycles. The fourth-order valence-electron chi connectivity index (χ4n) is 3.65. The highest BCUT2D eigenvalue weighted by molar-refractivity contribution is 5.06. The lowest BCUT2D eigenvalue weighted by Gasteiger charge is -2.30. The molecule has 2 saturated heterocycles. The first-order chi connectivity index (χ1) is 8.74. The molecule has 2 fully saturated rings. The average molecular weight is 248 g/mol. The molecule has 0 N–H and O–H groups in total. The second kappa shape index (κ2) is 5.02. The molecule has 100 valence electrons. The highest BCUT2D eigenvalue weighted by Crippen LogP contribution is 2.30. The molecule has 0 unspecified atom stereocenters. The Hall–Kier alpha value is -0.870. The van der Waals surface area contributed by atoms with Crippen molar-refractivity contribution in [3.05, 3.63) is 18.0 Å². The quantitative estimate of drug-likeness (QED) is 0.792. The van der Waals surface area contributed by atoms with E-state index < -0.39 is 0 Å². The molecule has 4 heteroatoms. The zero-order valence-electron chi connectivity index (χ0n) is 11.5. The van der Waals surface area contributed by atoms with E-state index in [-0.39, 0.29) is 0 Å². The van der Waals surface area contributed by atoms with Gasteiger partial charge in [0.05, 0.1) is 6.20 Å². The lowest BCUT2D eigenvalue weighted by atomic mass is 10.0. The van der Waals surface area contributed by atoms with Crippen LogP contribution in [0.15, 0.2) is 12.4 Å². The molecule has 0 spiro atoms. The summed E-state index contributed by atoms with van der Waals surface area (Å²) in [4.78, 5) is 5.25. The van der Waals surface area contributed by atoms with Crippen LogP contribution in [0.25, 0.3) is 0 Å². The third-order valence-electron chi connectivity index (χ3n) is 4.60. The number of rotatable bonds is 2. The van der Waals surface area contributed by atoms with Crippen LogP contribution in [-0.4, -0.2) is 51.8 Å². The Labute approximate surface area is 110 Å². The van der Waals surface area contributed by atoms with E-state index in [0.29, 0.717) is 0 Å². The van der Waals surface area contributed by atoms with Gasteiger partial charge in [0, 0.05) is 44.0 Å². The van der Waals surface area contributed by atoms with Crippen LogP contribution in [-0.2, 0) is 13.6 Å². The molecular weight excluding hydrogens is 224 g/mol. The van der Waals surface area contributed by atoms with Crippen LogP contribution in [0, 0.1) is 0 Å². The SMILES string of the molecule is CN1CCCC[C@@H]2[C@H]1CCN2Cc1cnn(C)c1. The Morgan fingerprint density at radius 1 is 1.17 bits per heavy atom. The molecule has 1 aromatic rings. The summed E-state index contributed by atoms with van der Waals surface area (Å²) in [5.74, 6) is 0. The molecule has 0 aliphatic carbocycles. The summed E-state index contributed by atoms with van der Waals surface area (Å²) >= 11 is 0. The Morgan fingerprint density at radius 3 is 2.83 bits per heavy atom. The van der Waals surface area contributed by atoms with E-state index in [2.05, 4.69) is 28.1 Å². The summed E-state index contributed by atoms with van der Waals surface area (Å²) in [7, 11) is 4.30. The maximum Gasteiger partial charge on any atom is 0.0534 e. The van der Waals surface area contributed by atoms with Gasteiger partial charge in [0.15, 0.2) is 0 Å². The van der Waals surface area contributed by atoms with Crippen molar-refractivity contribution in [2.45, 2.75) is 44.3 Å². The van der Waals surface area contributed by atoms with Gasteiger partial charge >= 0.3 is 0 Å². The highest BCUT2D eigenvalue weighted by Gasteiger charge is 2.37. The van der Waals surface area contributed by atoms with E-state index in [0.717, 1.165) is 18.6 Å². The third kappa shape index (κ3) is 2.31. The number of hydrogen-bond donors (Lipinski definition) is 0. The number of hydrogen-bond acceptors (Lipinski definition) is 3. The van der Waals surface area contributed by atoms with Crippen LogP contribution in [0.3, 0.4) is 0 Å². The van der Waals surface area contributed by atoms with Crippen molar-refractivity contribution in [1.29, 1.82) is 0 Å². The normalized spacial score (nSPS) is 30.3. The van der Waals surface area contributed by atoms with Crippen LogP contribution in [0.5, 0.6) is 0 Å². The lowest BCUT2D eigenvalue weighted by Crippen LogP contribution is -2.41. The van der Waals surface area contributed by atoms with Crippen molar-refractivity contribution in [2.75, 3.05) is 20.1 Å². The minimum absolute atomic E-state index is 0.762. The molecule has 0 aromatic carbocycles. The molecule has 2 atom stereocenters. The number of nitrogens with zero attached hydrogens (tertiary/aromatic N) is 4. The van der Waals surface area contributed by atoms with Crippen molar-refractivity contribution >= 4 is 0 Å². The topological polar surface area (TPSA) is 24.3 Å². The number of fused-ring (bicyclic) bond motifs is 1. The van der Waals surface area contributed by atoms with E-state index >= 15 is 0 Å². The standard InChI is InChI=1S/C14H24N4/c1-16-7-4-3-5-14-13(16)6-8-18(14)11-12-9-15-17(2)10-12/h9-10,13-14H,3-8,11H2,1-2H3/t13-,14-/m1/s1. The third-order valence-corrected chi connectivity index (χ3v) is 4.60. The van der Waals surface area contributed by atoms with Crippen LogP contribution >= 0.6 is 0 Å². The highest BCUT2D eigenvalue weighted by atomic mass is 15.3. The predicted octanol–water partition coefficient (Wildman–Crippen LogP) is 1.48. The number of likely N-dealkylation sites (N-methyl/N-ethyl adjacent to an activating group) is 1. The maximum absolute atomic E-state index is 4.28. The van der Waals surface area contributed by atoms with Gasteiger partial charge in [0.2, 0.25) is 0 Å². The van der Waals surface area contributed by atoms with Crippen LogP contribution in [0.2, 0.25) is 0 Å². The first-order valence-electron chi connectivity index (χ1n) is 7.16. The van der Waals surface area contributed by atoms with Crippen LogP contribution in [0.1, 0.15) is 31.2 Å². The summed E-state index contributed by atoms with van der Waals surface area (Å²) < 4.78 is 1.90. The molecule has 1 aromatic heterocycles. The first-order valence-corrected chi connectivity index (χ1v) is 7.16. The molecule has 0 amide bonds. The summed E-state index contributed by atoms with van der Waals surface area (Å²) in [5.41, 5.74) is 1.35. The van der Waals surface area contributed by atoms with Crippen LogP contribution in [0.4, 0.5) is 0 Å². The number of aryl methyl sites for hydroxylation is 1. The van der Waals surface area contributed by atoms with E-state index in [9.17, 15) is 0 Å². The molecule has 3 heterocycles. The zero-order valence-corrected chi connectivity index (χ0v) is 11.5. The van der Waals surface area contributed by atoms with E-state index in [1.54, 1.807) is 0 Å². The van der Waals surface area contributed by atoms with Crippen molar-refractivity contribution < 1.29 is 0 Å². The minimum Gasteiger partial charge on any atom is -0.302 e. The Kier molecular flexibility index (Phi) is 3.39. The van der Waals surface area contributed by atoms with Gasteiger partial charge in [0.1, 0.15) is 0 Å². The van der Waals surface area contributed by atoms with Gasteiger partial charge in [-0.25, -0.2) is 0 Å². The molecule has 18 heavy (non-hydrogen) atoms. The second-order valence-corrected chi connectivity index (χ2v) is 5.89. The van der Waals surface area contributed by atoms with Gasteiger partial charge in [-0.05, 0) is 32.9 Å². The van der Waals surface area contributed by atoms with Crippen molar-refractivity contribution in [3.8, 4) is 0 Å². The van der Waals surface area contributed by atoms with Gasteiger partial charge in [-0.15, -0.1) is 0 Å². The van der Waals surface area contributed by atoms with Crippen molar-refractivity contribution in [3.63, 3.8) is 0 Å². The summed E-state index contributed by atoms with van der Waals surface area (Å²) in [5, 5.41) is 4.28. The van der Waals surface area contributed by atoms with Gasteiger partial charge in [-0.2, -0.15) is 5.10 Å². The summed E-state index contributed by atoms with van der Waals surface area (Å²) in [6, 6.07) is 1.54. The second-order valence-electron chi connectivity index (χ2n) is 5.89. The number of likely N-dealkylation sites (tertiary alicyclic amines) is 2. The van der Waals surface area contributed by atoms with Crippen molar-refractivity contribution in [2.24, 2.45) is 7.05 Å². The van der Waals surface area contributed by atoms with E-state index in [1.165, 1.54) is 44.3 Å². The van der Waals surface area contributed by atoms with Gasteiger partial charge in [0.25, 0.3) is 0 Å². The minimum atomic E-state index is 0.762. The fourth-order valence-corrected chi connectivity index (χ4v) is 3.65. The van der Waals surface area contributed by atoms with Crippen molar-refractivity contribution in [1.82, 2.24) is 19.6 Å². The molecule has 4 nitrogen and oxygen atoms in total. The first kappa shape index (κ1) is 12.2. The molecule has 0 saturated carbocycles. The van der Waals surface area contributed by atoms with E-state index in [1.807, 2.05) is 17.9 Å². The molecule has 2 aliphatic rings. The maximum atomic E-state index is 4.28. The van der Waals surface area contributed by atoms with Crippen LogP contribution < -0.4 is 0 Å². The molecule has 3 rings (SSSR count). The van der Waals surface area contributed by atoms with Gasteiger partial charge in [-0.3, -0.25) is 9.58 Å². The molecule has 0 radical (unpaired) electrons. The number of aromatic nitrogens is 2. The monoisotopic (exact) mass is 248 g/mol. The van der Waals surface area contributed by atoms with Gasteiger partial charge < -0.3 is 4.90 Å². The zero-order chi connectivity index (χ0) is 12.5. The Balaban J connectivity index is 1.70. The lowest BCUT2D eigenvalue weighted by molar-refractivity contribution is 0.171. The molecular formula is C14H24N4.